The number of carbonyl (C=O) groups is 1. The van der Waals surface area contributed by atoms with Gasteiger partial charge >= 0.3 is 0 Å². The summed E-state index contributed by atoms with van der Waals surface area (Å²) in [5, 5.41) is 8.44. The molecule has 1 aliphatic heterocycles. The van der Waals surface area contributed by atoms with E-state index in [0.29, 0.717) is 6.61 Å². The topological polar surface area (TPSA) is 50.1 Å². The maximum absolute atomic E-state index is 11.2. The molecule has 0 aromatic carbocycles. The van der Waals surface area contributed by atoms with E-state index in [0.717, 1.165) is 12.8 Å². The Morgan fingerprint density at radius 1 is 1.82 bits per heavy atom. The van der Waals surface area contributed by atoms with Gasteiger partial charge in [0.1, 0.15) is 12.0 Å². The first-order valence-corrected chi connectivity index (χ1v) is 3.80. The van der Waals surface area contributed by atoms with E-state index in [-0.39, 0.29) is 11.9 Å². The third kappa shape index (κ3) is 1.78. The summed E-state index contributed by atoms with van der Waals surface area (Å²) in [6.45, 7) is 2.28. The monoisotopic (exact) mass is 153 g/mol. The highest BCUT2D eigenvalue weighted by molar-refractivity contribution is 5.87. The van der Waals surface area contributed by atoms with E-state index < -0.39 is 5.92 Å². The molecule has 60 valence electrons. The quantitative estimate of drug-likeness (QED) is 0.592. The summed E-state index contributed by atoms with van der Waals surface area (Å²) in [5.74, 6) is -0.580. The van der Waals surface area contributed by atoms with Gasteiger partial charge in [-0.1, -0.05) is 0 Å². The van der Waals surface area contributed by atoms with E-state index in [1.54, 1.807) is 6.92 Å². The predicted octanol–water partition coefficient (Wildman–Crippen LogP) is 0.894. The summed E-state index contributed by atoms with van der Waals surface area (Å²) in [6, 6.07) is 1.91. The first-order valence-electron chi connectivity index (χ1n) is 3.80. The highest BCUT2D eigenvalue weighted by Gasteiger charge is 2.27. The molecule has 0 saturated carbocycles. The first kappa shape index (κ1) is 8.22. The largest absolute Gasteiger partial charge is 0.370 e. The number of nitrogens with zero attached hydrogens (tertiary/aromatic N) is 1. The van der Waals surface area contributed by atoms with Crippen molar-refractivity contribution in [2.45, 2.75) is 25.9 Å². The fourth-order valence-corrected chi connectivity index (χ4v) is 1.14. The first-order chi connectivity index (χ1) is 5.25. The zero-order chi connectivity index (χ0) is 8.27. The van der Waals surface area contributed by atoms with Gasteiger partial charge < -0.3 is 4.74 Å². The summed E-state index contributed by atoms with van der Waals surface area (Å²) in [7, 11) is 0. The maximum Gasteiger partial charge on any atom is 0.178 e. The molecule has 0 N–H and O–H groups in total. The van der Waals surface area contributed by atoms with Crippen LogP contribution in [0.3, 0.4) is 0 Å². The van der Waals surface area contributed by atoms with E-state index in [1.165, 1.54) is 0 Å². The fourth-order valence-electron chi connectivity index (χ4n) is 1.14. The van der Waals surface area contributed by atoms with Crippen LogP contribution in [0.5, 0.6) is 0 Å². The van der Waals surface area contributed by atoms with Crippen molar-refractivity contribution in [2.24, 2.45) is 5.92 Å². The Balaban J connectivity index is 2.47. The summed E-state index contributed by atoms with van der Waals surface area (Å²) in [4.78, 5) is 11.2. The molecule has 1 aliphatic rings. The summed E-state index contributed by atoms with van der Waals surface area (Å²) >= 11 is 0. The van der Waals surface area contributed by atoms with Crippen molar-refractivity contribution >= 4 is 5.78 Å². The lowest BCUT2D eigenvalue weighted by molar-refractivity contribution is -0.129. The summed E-state index contributed by atoms with van der Waals surface area (Å²) < 4.78 is 5.14. The molecule has 0 aliphatic carbocycles. The molecule has 3 heteroatoms. The molecule has 3 nitrogen and oxygen atoms in total. The molecule has 0 radical (unpaired) electrons. The molecule has 0 aromatic rings. The van der Waals surface area contributed by atoms with Crippen molar-refractivity contribution in [3.05, 3.63) is 0 Å². The Kier molecular flexibility index (Phi) is 2.61. The van der Waals surface area contributed by atoms with E-state index in [1.807, 2.05) is 6.07 Å². The minimum absolute atomic E-state index is 0.0648. The number of rotatable bonds is 2. The van der Waals surface area contributed by atoms with Gasteiger partial charge in [0.2, 0.25) is 0 Å². The average Bonchev–Trinajstić information content (AvgIpc) is 2.53. The van der Waals surface area contributed by atoms with Crippen molar-refractivity contribution < 1.29 is 9.53 Å². The van der Waals surface area contributed by atoms with Gasteiger partial charge in [0.25, 0.3) is 0 Å². The van der Waals surface area contributed by atoms with Crippen LogP contribution in [-0.4, -0.2) is 18.5 Å². The number of carbonyl (C=O) groups excluding carboxylic acids is 1. The second-order valence-electron chi connectivity index (χ2n) is 2.75. The molecular weight excluding hydrogens is 142 g/mol. The van der Waals surface area contributed by atoms with Crippen molar-refractivity contribution in [1.82, 2.24) is 0 Å². The predicted molar refractivity (Wildman–Crippen MR) is 38.8 cm³/mol. The second-order valence-corrected chi connectivity index (χ2v) is 2.75. The Morgan fingerprint density at radius 2 is 2.55 bits per heavy atom. The zero-order valence-electron chi connectivity index (χ0n) is 6.54. The normalized spacial score (nSPS) is 26.0. The van der Waals surface area contributed by atoms with Gasteiger partial charge in [0.15, 0.2) is 5.78 Å². The van der Waals surface area contributed by atoms with Crippen LogP contribution >= 0.6 is 0 Å². The lowest BCUT2D eigenvalue weighted by Crippen LogP contribution is -2.24. The Morgan fingerprint density at radius 3 is 3.00 bits per heavy atom. The third-order valence-electron chi connectivity index (χ3n) is 1.87. The second kappa shape index (κ2) is 3.49. The van der Waals surface area contributed by atoms with Gasteiger partial charge in [-0.2, -0.15) is 5.26 Å². The molecule has 0 amide bonds. The van der Waals surface area contributed by atoms with Gasteiger partial charge in [0, 0.05) is 6.61 Å². The molecule has 0 bridgehead atoms. The van der Waals surface area contributed by atoms with Gasteiger partial charge in [-0.25, -0.2) is 0 Å². The molecule has 2 unspecified atom stereocenters. The molecule has 1 saturated heterocycles. The number of hydrogen-bond donors (Lipinski definition) is 0. The van der Waals surface area contributed by atoms with Gasteiger partial charge in [0.05, 0.1) is 6.07 Å². The van der Waals surface area contributed by atoms with E-state index >= 15 is 0 Å². The molecule has 1 rings (SSSR count). The average molecular weight is 153 g/mol. The van der Waals surface area contributed by atoms with E-state index in [4.69, 9.17) is 10.00 Å². The SMILES string of the molecule is CC(C#N)C(=O)C1CCCO1. The van der Waals surface area contributed by atoms with Crippen LogP contribution in [0, 0.1) is 17.2 Å². The summed E-state index contributed by atoms with van der Waals surface area (Å²) in [6.07, 6.45) is 1.42. The number of ketones is 1. The van der Waals surface area contributed by atoms with Gasteiger partial charge in [-0.05, 0) is 19.8 Å². The van der Waals surface area contributed by atoms with Crippen LogP contribution in [0.2, 0.25) is 0 Å². The lowest BCUT2D eigenvalue weighted by Gasteiger charge is -2.08. The van der Waals surface area contributed by atoms with Crippen LogP contribution < -0.4 is 0 Å². The molecule has 11 heavy (non-hydrogen) atoms. The number of hydrogen-bond acceptors (Lipinski definition) is 3. The van der Waals surface area contributed by atoms with Crippen LogP contribution in [0.15, 0.2) is 0 Å². The standard InChI is InChI=1S/C8H11NO2/c1-6(5-9)8(10)7-3-2-4-11-7/h6-7H,2-4H2,1H3. The minimum Gasteiger partial charge on any atom is -0.370 e. The van der Waals surface area contributed by atoms with Crippen molar-refractivity contribution in [3.63, 3.8) is 0 Å². The van der Waals surface area contributed by atoms with Gasteiger partial charge in [-0.15, -0.1) is 0 Å². The molecule has 0 spiro atoms. The van der Waals surface area contributed by atoms with Gasteiger partial charge in [-0.3, -0.25) is 4.79 Å². The van der Waals surface area contributed by atoms with Crippen LogP contribution in [0.25, 0.3) is 0 Å². The van der Waals surface area contributed by atoms with Crippen LogP contribution in [-0.2, 0) is 9.53 Å². The van der Waals surface area contributed by atoms with Crippen LogP contribution in [0.1, 0.15) is 19.8 Å². The smallest absolute Gasteiger partial charge is 0.178 e. The Labute approximate surface area is 66.0 Å². The highest BCUT2D eigenvalue weighted by Crippen LogP contribution is 2.16. The van der Waals surface area contributed by atoms with E-state index in [2.05, 4.69) is 0 Å². The molecule has 1 heterocycles. The highest BCUT2D eigenvalue weighted by atomic mass is 16.5. The fraction of sp³-hybridized carbons (Fsp3) is 0.750. The molecule has 0 aromatic heterocycles. The number of ether oxygens (including phenoxy) is 1. The molecule has 2 atom stereocenters. The molecular formula is C8H11NO2. The number of nitriles is 1. The Hall–Kier alpha value is -0.880. The van der Waals surface area contributed by atoms with Crippen molar-refractivity contribution in [1.29, 1.82) is 5.26 Å². The number of Topliss-reactive ketones (excluding diaryl/α,β-unsaturated/α-hetero) is 1. The van der Waals surface area contributed by atoms with Crippen LogP contribution in [0.4, 0.5) is 0 Å². The lowest BCUT2D eigenvalue weighted by atomic mass is 10.0. The maximum atomic E-state index is 11.2. The molecule has 1 fully saturated rings. The Bertz CT molecular complexity index is 189. The summed E-state index contributed by atoms with van der Waals surface area (Å²) in [5.41, 5.74) is 0. The van der Waals surface area contributed by atoms with E-state index in [9.17, 15) is 4.79 Å². The zero-order valence-corrected chi connectivity index (χ0v) is 6.54. The minimum atomic E-state index is -0.516. The van der Waals surface area contributed by atoms with Crippen molar-refractivity contribution in [2.75, 3.05) is 6.61 Å². The third-order valence-corrected chi connectivity index (χ3v) is 1.87. The van der Waals surface area contributed by atoms with Crippen molar-refractivity contribution in [3.8, 4) is 6.07 Å².